The number of anilines is 2. The molecule has 0 aliphatic heterocycles. The molecule has 0 atom stereocenters. The summed E-state index contributed by atoms with van der Waals surface area (Å²) in [6.07, 6.45) is 5.60. The zero-order valence-electron chi connectivity index (χ0n) is 9.00. The van der Waals surface area contributed by atoms with E-state index in [0.29, 0.717) is 6.04 Å². The molecule has 0 saturated heterocycles. The molecule has 1 fully saturated rings. The fourth-order valence-electron chi connectivity index (χ4n) is 1.91. The molecular formula is C12H14N4. The average molecular weight is 214 g/mol. The van der Waals surface area contributed by atoms with Crippen LogP contribution in [0.1, 0.15) is 25.3 Å². The molecule has 4 nitrogen and oxygen atoms in total. The van der Waals surface area contributed by atoms with Gasteiger partial charge in [0.25, 0.3) is 0 Å². The highest BCUT2D eigenvalue weighted by molar-refractivity contribution is 5.52. The van der Waals surface area contributed by atoms with Crippen molar-refractivity contribution >= 4 is 11.6 Å². The van der Waals surface area contributed by atoms with Gasteiger partial charge in [0.1, 0.15) is 6.33 Å². The number of rotatable bonds is 3. The summed E-state index contributed by atoms with van der Waals surface area (Å²) in [6.45, 7) is 0. The van der Waals surface area contributed by atoms with E-state index in [4.69, 9.17) is 0 Å². The van der Waals surface area contributed by atoms with Gasteiger partial charge in [0, 0.05) is 11.7 Å². The SMILES string of the molecule is c1ccc(Nc2nncn2C2CCC2)cc1. The minimum Gasteiger partial charge on any atom is -0.324 e. The van der Waals surface area contributed by atoms with E-state index in [1.807, 2.05) is 36.7 Å². The smallest absolute Gasteiger partial charge is 0.229 e. The Morgan fingerprint density at radius 2 is 2.00 bits per heavy atom. The highest BCUT2D eigenvalue weighted by atomic mass is 15.3. The predicted octanol–water partition coefficient (Wildman–Crippen LogP) is 2.75. The summed E-state index contributed by atoms with van der Waals surface area (Å²) in [5.74, 6) is 0.843. The van der Waals surface area contributed by atoms with Crippen molar-refractivity contribution in [2.24, 2.45) is 0 Å². The van der Waals surface area contributed by atoms with E-state index >= 15 is 0 Å². The van der Waals surface area contributed by atoms with E-state index in [-0.39, 0.29) is 0 Å². The van der Waals surface area contributed by atoms with E-state index in [1.54, 1.807) is 0 Å². The van der Waals surface area contributed by atoms with Crippen molar-refractivity contribution in [2.45, 2.75) is 25.3 Å². The molecule has 1 aliphatic rings. The molecule has 3 rings (SSSR count). The van der Waals surface area contributed by atoms with Gasteiger partial charge < -0.3 is 5.32 Å². The fraction of sp³-hybridized carbons (Fsp3) is 0.333. The van der Waals surface area contributed by atoms with Crippen molar-refractivity contribution in [1.82, 2.24) is 14.8 Å². The van der Waals surface area contributed by atoms with E-state index in [2.05, 4.69) is 20.1 Å². The van der Waals surface area contributed by atoms with Crippen LogP contribution in [0.3, 0.4) is 0 Å². The molecule has 2 aromatic rings. The van der Waals surface area contributed by atoms with Crippen LogP contribution >= 0.6 is 0 Å². The second-order valence-corrected chi connectivity index (χ2v) is 4.14. The second-order valence-electron chi connectivity index (χ2n) is 4.14. The molecule has 0 spiro atoms. The number of hydrogen-bond acceptors (Lipinski definition) is 3. The van der Waals surface area contributed by atoms with Crippen molar-refractivity contribution in [3.8, 4) is 0 Å². The molecule has 0 radical (unpaired) electrons. The molecule has 1 aromatic heterocycles. The first-order valence-corrected chi connectivity index (χ1v) is 5.65. The molecule has 1 saturated carbocycles. The zero-order valence-corrected chi connectivity index (χ0v) is 9.00. The summed E-state index contributed by atoms with van der Waals surface area (Å²) in [4.78, 5) is 0. The highest BCUT2D eigenvalue weighted by Crippen LogP contribution is 2.33. The minimum absolute atomic E-state index is 0.584. The van der Waals surface area contributed by atoms with Crippen LogP contribution in [0.25, 0.3) is 0 Å². The lowest BCUT2D eigenvalue weighted by atomic mass is 9.93. The van der Waals surface area contributed by atoms with Gasteiger partial charge in [-0.15, -0.1) is 10.2 Å². The maximum atomic E-state index is 4.12. The van der Waals surface area contributed by atoms with Crippen LogP contribution < -0.4 is 5.32 Å². The van der Waals surface area contributed by atoms with Crippen LogP contribution in [-0.2, 0) is 0 Å². The Bertz CT molecular complexity index is 459. The van der Waals surface area contributed by atoms with E-state index in [1.165, 1.54) is 19.3 Å². The van der Waals surface area contributed by atoms with Gasteiger partial charge in [-0.1, -0.05) is 18.2 Å². The number of benzene rings is 1. The van der Waals surface area contributed by atoms with Gasteiger partial charge in [0.2, 0.25) is 5.95 Å². The number of nitrogens with one attached hydrogen (secondary N) is 1. The number of nitrogens with zero attached hydrogens (tertiary/aromatic N) is 3. The van der Waals surface area contributed by atoms with Gasteiger partial charge in [-0.05, 0) is 31.4 Å². The quantitative estimate of drug-likeness (QED) is 0.854. The molecule has 1 aromatic carbocycles. The van der Waals surface area contributed by atoms with Gasteiger partial charge in [-0.2, -0.15) is 0 Å². The van der Waals surface area contributed by atoms with Crippen molar-refractivity contribution in [2.75, 3.05) is 5.32 Å². The van der Waals surface area contributed by atoms with Gasteiger partial charge in [-0.3, -0.25) is 4.57 Å². The average Bonchev–Trinajstić information content (AvgIpc) is 2.66. The van der Waals surface area contributed by atoms with Crippen LogP contribution in [0.4, 0.5) is 11.6 Å². The molecule has 16 heavy (non-hydrogen) atoms. The molecular weight excluding hydrogens is 200 g/mol. The summed E-state index contributed by atoms with van der Waals surface area (Å²) >= 11 is 0. The fourth-order valence-corrected chi connectivity index (χ4v) is 1.91. The molecule has 0 bridgehead atoms. The third-order valence-electron chi connectivity index (χ3n) is 3.07. The Balaban J connectivity index is 1.82. The number of hydrogen-bond donors (Lipinski definition) is 1. The van der Waals surface area contributed by atoms with Crippen molar-refractivity contribution in [3.05, 3.63) is 36.7 Å². The van der Waals surface area contributed by atoms with E-state index in [0.717, 1.165) is 11.6 Å². The normalized spacial score (nSPS) is 15.8. The Morgan fingerprint density at radius 3 is 2.69 bits per heavy atom. The van der Waals surface area contributed by atoms with Crippen LogP contribution in [0.5, 0.6) is 0 Å². The lowest BCUT2D eigenvalue weighted by Crippen LogP contribution is -2.17. The first-order chi connectivity index (χ1) is 7.93. The number of aromatic nitrogens is 3. The molecule has 1 N–H and O–H groups in total. The number of para-hydroxylation sites is 1. The van der Waals surface area contributed by atoms with Gasteiger partial charge >= 0.3 is 0 Å². The lowest BCUT2D eigenvalue weighted by Gasteiger charge is -2.27. The van der Waals surface area contributed by atoms with E-state index in [9.17, 15) is 0 Å². The van der Waals surface area contributed by atoms with Crippen LogP contribution in [0.2, 0.25) is 0 Å². The summed E-state index contributed by atoms with van der Waals surface area (Å²) in [5.41, 5.74) is 1.05. The van der Waals surface area contributed by atoms with Crippen LogP contribution in [0.15, 0.2) is 36.7 Å². The minimum atomic E-state index is 0.584. The highest BCUT2D eigenvalue weighted by Gasteiger charge is 2.21. The maximum Gasteiger partial charge on any atom is 0.229 e. The first kappa shape index (κ1) is 9.39. The van der Waals surface area contributed by atoms with Crippen molar-refractivity contribution in [3.63, 3.8) is 0 Å². The van der Waals surface area contributed by atoms with Gasteiger partial charge in [0.15, 0.2) is 0 Å². The molecule has 82 valence electrons. The van der Waals surface area contributed by atoms with Gasteiger partial charge in [0.05, 0.1) is 0 Å². The third-order valence-corrected chi connectivity index (χ3v) is 3.07. The molecule has 0 unspecified atom stereocenters. The molecule has 1 heterocycles. The monoisotopic (exact) mass is 214 g/mol. The summed E-state index contributed by atoms with van der Waals surface area (Å²) in [6, 6.07) is 10.7. The van der Waals surface area contributed by atoms with Crippen molar-refractivity contribution in [1.29, 1.82) is 0 Å². The van der Waals surface area contributed by atoms with Gasteiger partial charge in [-0.25, -0.2) is 0 Å². The Hall–Kier alpha value is -1.84. The maximum absolute atomic E-state index is 4.12. The Labute approximate surface area is 94.3 Å². The Morgan fingerprint density at radius 1 is 1.19 bits per heavy atom. The third kappa shape index (κ3) is 1.66. The molecule has 0 amide bonds. The predicted molar refractivity (Wildman–Crippen MR) is 62.6 cm³/mol. The molecule has 1 aliphatic carbocycles. The van der Waals surface area contributed by atoms with Crippen molar-refractivity contribution < 1.29 is 0 Å². The molecule has 4 heteroatoms. The Kier molecular flexibility index (Phi) is 2.33. The zero-order chi connectivity index (χ0) is 10.8. The van der Waals surface area contributed by atoms with Crippen LogP contribution in [0, 0.1) is 0 Å². The summed E-state index contributed by atoms with van der Waals surface area (Å²) < 4.78 is 2.14. The standard InChI is InChI=1S/C12H14N4/c1-2-5-10(6-3-1)14-12-15-13-9-16(12)11-7-4-8-11/h1-3,5-6,9,11H,4,7-8H2,(H,14,15). The summed E-state index contributed by atoms with van der Waals surface area (Å²) in [5, 5.41) is 11.4. The second kappa shape index (κ2) is 3.96. The lowest BCUT2D eigenvalue weighted by molar-refractivity contribution is 0.316. The first-order valence-electron chi connectivity index (χ1n) is 5.65. The largest absolute Gasteiger partial charge is 0.324 e. The van der Waals surface area contributed by atoms with E-state index < -0.39 is 0 Å². The van der Waals surface area contributed by atoms with Crippen LogP contribution in [-0.4, -0.2) is 14.8 Å². The summed E-state index contributed by atoms with van der Waals surface area (Å²) in [7, 11) is 0. The topological polar surface area (TPSA) is 42.7 Å².